The van der Waals surface area contributed by atoms with E-state index in [4.69, 9.17) is 10.5 Å². The van der Waals surface area contributed by atoms with Crippen LogP contribution in [0.2, 0.25) is 0 Å². The zero-order valence-corrected chi connectivity index (χ0v) is 16.5. The van der Waals surface area contributed by atoms with Crippen molar-refractivity contribution < 1.29 is 24.2 Å². The van der Waals surface area contributed by atoms with E-state index in [9.17, 15) is 19.5 Å². The maximum atomic E-state index is 12.7. The van der Waals surface area contributed by atoms with Crippen LogP contribution in [0.5, 0.6) is 5.88 Å². The molecule has 9 nitrogen and oxygen atoms in total. The van der Waals surface area contributed by atoms with Gasteiger partial charge in [0.2, 0.25) is 5.88 Å². The number of carbonyl (C=O) groups is 3. The Morgan fingerprint density at radius 3 is 2.28 bits per heavy atom. The fourth-order valence-corrected chi connectivity index (χ4v) is 2.59. The van der Waals surface area contributed by atoms with Crippen molar-refractivity contribution in [1.82, 2.24) is 15.2 Å². The van der Waals surface area contributed by atoms with E-state index in [0.717, 1.165) is 24.6 Å². The first-order chi connectivity index (χ1) is 13.7. The van der Waals surface area contributed by atoms with Gasteiger partial charge in [0.1, 0.15) is 0 Å². The van der Waals surface area contributed by atoms with Gasteiger partial charge in [-0.05, 0) is 30.2 Å². The number of nitrogens with zero attached hydrogens (tertiary/aromatic N) is 2. The molecule has 0 spiro atoms. The predicted octanol–water partition coefficient (Wildman–Crippen LogP) is 0.529. The third-order valence-electron chi connectivity index (χ3n) is 4.33. The van der Waals surface area contributed by atoms with Gasteiger partial charge in [-0.25, -0.2) is 4.98 Å². The second-order valence-corrected chi connectivity index (χ2v) is 6.29. The van der Waals surface area contributed by atoms with Gasteiger partial charge in [0.05, 0.1) is 6.61 Å². The van der Waals surface area contributed by atoms with Gasteiger partial charge in [0, 0.05) is 37.5 Å². The number of likely N-dealkylation sites (N-methyl/N-ethyl adjacent to an activating group) is 2. The second-order valence-electron chi connectivity index (χ2n) is 6.29. The highest BCUT2D eigenvalue weighted by molar-refractivity contribution is 6.11. The van der Waals surface area contributed by atoms with Gasteiger partial charge in [-0.2, -0.15) is 0 Å². The molecule has 0 fully saturated rings. The number of primary amides is 1. The lowest BCUT2D eigenvalue weighted by Crippen LogP contribution is -2.65. The van der Waals surface area contributed by atoms with E-state index in [1.807, 2.05) is 13.0 Å². The van der Waals surface area contributed by atoms with E-state index < -0.39 is 23.4 Å². The predicted molar refractivity (Wildman–Crippen MR) is 106 cm³/mol. The molecule has 2 rings (SSSR count). The van der Waals surface area contributed by atoms with Crippen molar-refractivity contribution in [2.24, 2.45) is 5.73 Å². The number of nitrogens with one attached hydrogen (secondary N) is 1. The topological polar surface area (TPSA) is 135 Å². The highest BCUT2D eigenvalue weighted by Gasteiger charge is 2.48. The molecule has 154 valence electrons. The normalized spacial score (nSPS) is 12.6. The molecular formula is C20H24N4O5. The summed E-state index contributed by atoms with van der Waals surface area (Å²) in [6, 6.07) is 10.0. The zero-order valence-electron chi connectivity index (χ0n) is 16.5. The van der Waals surface area contributed by atoms with Gasteiger partial charge in [-0.1, -0.05) is 19.1 Å². The summed E-state index contributed by atoms with van der Waals surface area (Å²) in [4.78, 5) is 41.0. The van der Waals surface area contributed by atoms with E-state index >= 15 is 0 Å². The molecule has 1 atom stereocenters. The fraction of sp³-hybridized carbons (Fsp3) is 0.300. The van der Waals surface area contributed by atoms with E-state index in [1.54, 1.807) is 24.4 Å². The van der Waals surface area contributed by atoms with Gasteiger partial charge in [0.25, 0.3) is 17.7 Å². The number of carbonyl (C=O) groups excluding carboxylic acids is 3. The van der Waals surface area contributed by atoms with Crippen LogP contribution < -0.4 is 15.8 Å². The molecule has 0 aliphatic rings. The summed E-state index contributed by atoms with van der Waals surface area (Å²) in [6.45, 7) is 2.60. The molecule has 0 saturated heterocycles. The summed E-state index contributed by atoms with van der Waals surface area (Å²) in [5.41, 5.74) is 4.13. The lowest BCUT2D eigenvalue weighted by atomic mass is 10.0. The molecule has 0 saturated carbocycles. The quantitative estimate of drug-likeness (QED) is 0.437. The van der Waals surface area contributed by atoms with Crippen molar-refractivity contribution in [1.29, 1.82) is 0 Å². The summed E-state index contributed by atoms with van der Waals surface area (Å²) in [5.74, 6) is -2.68. The second kappa shape index (κ2) is 9.16. The Morgan fingerprint density at radius 1 is 1.17 bits per heavy atom. The minimum absolute atomic E-state index is 0.163. The SMILES string of the molecule is CCCOc1ccc(-c2ccc(C(=O)N(C)C(O)(C(N)=O)C(=O)NC)cc2)cn1. The van der Waals surface area contributed by atoms with Crippen LogP contribution in [0.25, 0.3) is 11.1 Å². The summed E-state index contributed by atoms with van der Waals surface area (Å²) in [7, 11) is 2.34. The monoisotopic (exact) mass is 400 g/mol. The third-order valence-corrected chi connectivity index (χ3v) is 4.33. The molecule has 1 aromatic heterocycles. The lowest BCUT2D eigenvalue weighted by Gasteiger charge is -2.32. The molecular weight excluding hydrogens is 376 g/mol. The fourth-order valence-electron chi connectivity index (χ4n) is 2.59. The summed E-state index contributed by atoms with van der Waals surface area (Å²) >= 11 is 0. The van der Waals surface area contributed by atoms with Crippen LogP contribution in [-0.4, -0.2) is 59.1 Å². The number of aliphatic hydroxyl groups is 1. The average molecular weight is 400 g/mol. The van der Waals surface area contributed by atoms with Crippen LogP contribution in [0.1, 0.15) is 23.7 Å². The van der Waals surface area contributed by atoms with Crippen LogP contribution in [0.3, 0.4) is 0 Å². The van der Waals surface area contributed by atoms with Crippen LogP contribution in [-0.2, 0) is 9.59 Å². The number of benzene rings is 1. The molecule has 0 bridgehead atoms. The highest BCUT2D eigenvalue weighted by Crippen LogP contribution is 2.22. The Morgan fingerprint density at radius 2 is 1.79 bits per heavy atom. The average Bonchev–Trinajstić information content (AvgIpc) is 2.75. The first-order valence-corrected chi connectivity index (χ1v) is 8.97. The number of amides is 3. The number of ether oxygens (including phenoxy) is 1. The number of rotatable bonds is 8. The van der Waals surface area contributed by atoms with Gasteiger partial charge in [-0.3, -0.25) is 19.3 Å². The zero-order chi connectivity index (χ0) is 21.6. The van der Waals surface area contributed by atoms with Gasteiger partial charge >= 0.3 is 5.72 Å². The van der Waals surface area contributed by atoms with Crippen molar-refractivity contribution in [3.8, 4) is 17.0 Å². The van der Waals surface area contributed by atoms with Crippen molar-refractivity contribution in [3.05, 3.63) is 48.2 Å². The van der Waals surface area contributed by atoms with E-state index in [2.05, 4.69) is 10.3 Å². The summed E-state index contributed by atoms with van der Waals surface area (Å²) in [5, 5.41) is 12.5. The Hall–Kier alpha value is -3.46. The Labute approximate surface area is 168 Å². The Bertz CT molecular complexity index is 883. The molecule has 4 N–H and O–H groups in total. The molecule has 3 amide bonds. The van der Waals surface area contributed by atoms with Crippen LogP contribution in [0, 0.1) is 0 Å². The molecule has 0 aliphatic heterocycles. The first kappa shape index (κ1) is 21.8. The molecule has 1 unspecified atom stereocenters. The van der Waals surface area contributed by atoms with E-state index in [-0.39, 0.29) is 5.56 Å². The molecule has 0 aliphatic carbocycles. The number of aromatic nitrogens is 1. The minimum Gasteiger partial charge on any atom is -0.478 e. The van der Waals surface area contributed by atoms with Crippen molar-refractivity contribution >= 4 is 17.7 Å². The number of nitrogens with two attached hydrogens (primary N) is 1. The highest BCUT2D eigenvalue weighted by atomic mass is 16.5. The lowest BCUT2D eigenvalue weighted by molar-refractivity contribution is -0.166. The van der Waals surface area contributed by atoms with Gasteiger partial charge < -0.3 is 20.9 Å². The van der Waals surface area contributed by atoms with Crippen LogP contribution >= 0.6 is 0 Å². The third kappa shape index (κ3) is 4.52. The maximum Gasteiger partial charge on any atom is 0.302 e. The molecule has 1 heterocycles. The molecule has 29 heavy (non-hydrogen) atoms. The van der Waals surface area contributed by atoms with Crippen LogP contribution in [0.4, 0.5) is 0 Å². The molecule has 0 radical (unpaired) electrons. The Balaban J connectivity index is 2.21. The number of hydrogen-bond donors (Lipinski definition) is 3. The van der Waals surface area contributed by atoms with Gasteiger partial charge in [0.15, 0.2) is 0 Å². The molecule has 1 aromatic carbocycles. The number of hydrogen-bond acceptors (Lipinski definition) is 6. The number of pyridine rings is 1. The maximum absolute atomic E-state index is 12.7. The Kier molecular flexibility index (Phi) is 6.89. The van der Waals surface area contributed by atoms with Gasteiger partial charge in [-0.15, -0.1) is 0 Å². The van der Waals surface area contributed by atoms with E-state index in [0.29, 0.717) is 17.4 Å². The standard InChI is InChI=1S/C20H24N4O5/c1-4-11-29-16-10-9-15(12-23-16)13-5-7-14(8-6-13)17(25)24(3)20(28,18(21)26)19(27)22-2/h5-10,12,28H,4,11H2,1-3H3,(H2,21,26)(H,22,27). The largest absolute Gasteiger partial charge is 0.478 e. The summed E-state index contributed by atoms with van der Waals surface area (Å²) < 4.78 is 5.45. The van der Waals surface area contributed by atoms with Crippen molar-refractivity contribution in [2.75, 3.05) is 20.7 Å². The van der Waals surface area contributed by atoms with E-state index in [1.165, 1.54) is 19.2 Å². The first-order valence-electron chi connectivity index (χ1n) is 8.97. The van der Waals surface area contributed by atoms with Crippen molar-refractivity contribution in [2.45, 2.75) is 19.1 Å². The van der Waals surface area contributed by atoms with Crippen LogP contribution in [0.15, 0.2) is 42.6 Å². The molecule has 2 aromatic rings. The smallest absolute Gasteiger partial charge is 0.302 e. The summed E-state index contributed by atoms with van der Waals surface area (Å²) in [6.07, 6.45) is 2.55. The minimum atomic E-state index is -2.80. The van der Waals surface area contributed by atoms with Crippen molar-refractivity contribution in [3.63, 3.8) is 0 Å². The molecule has 9 heteroatoms.